The Bertz CT molecular complexity index is 375. The van der Waals surface area contributed by atoms with Gasteiger partial charge in [-0.15, -0.1) is 0 Å². The summed E-state index contributed by atoms with van der Waals surface area (Å²) in [6, 6.07) is 4.03. The lowest BCUT2D eigenvalue weighted by atomic mass is 10.1. The standard InChI is InChI=1S/C9H5F4N/c10-4-6-1-7(5-14)3-8(2-6)9(11,12)13/h1-3H,4H2. The van der Waals surface area contributed by atoms with E-state index in [1.165, 1.54) is 0 Å². The Hall–Kier alpha value is -1.57. The van der Waals surface area contributed by atoms with Gasteiger partial charge in [-0.3, -0.25) is 0 Å². The maximum Gasteiger partial charge on any atom is 0.416 e. The van der Waals surface area contributed by atoms with Crippen LogP contribution in [0.4, 0.5) is 17.6 Å². The summed E-state index contributed by atoms with van der Waals surface area (Å²) in [5, 5.41) is 8.41. The normalized spacial score (nSPS) is 11.1. The van der Waals surface area contributed by atoms with Gasteiger partial charge in [0.2, 0.25) is 0 Å². The first-order valence-corrected chi connectivity index (χ1v) is 3.64. The number of hydrogen-bond acceptors (Lipinski definition) is 1. The molecule has 0 aliphatic heterocycles. The summed E-state index contributed by atoms with van der Waals surface area (Å²) in [7, 11) is 0. The molecule has 0 amide bonds. The molecule has 0 saturated heterocycles. The molecule has 74 valence electrons. The van der Waals surface area contributed by atoms with Crippen molar-refractivity contribution >= 4 is 0 Å². The van der Waals surface area contributed by atoms with Crippen LogP contribution in [0.1, 0.15) is 16.7 Å². The van der Waals surface area contributed by atoms with E-state index < -0.39 is 18.4 Å². The van der Waals surface area contributed by atoms with Crippen molar-refractivity contribution in [2.24, 2.45) is 0 Å². The summed E-state index contributed by atoms with van der Waals surface area (Å²) in [5.41, 5.74) is -1.33. The molecule has 14 heavy (non-hydrogen) atoms. The zero-order valence-corrected chi connectivity index (χ0v) is 6.90. The molecule has 0 fully saturated rings. The summed E-state index contributed by atoms with van der Waals surface area (Å²) < 4.78 is 48.7. The van der Waals surface area contributed by atoms with E-state index in [0.29, 0.717) is 12.1 Å². The smallest absolute Gasteiger partial charge is 0.246 e. The van der Waals surface area contributed by atoms with Crippen LogP contribution in [-0.4, -0.2) is 0 Å². The summed E-state index contributed by atoms with van der Waals surface area (Å²) >= 11 is 0. The van der Waals surface area contributed by atoms with Gasteiger partial charge in [-0.2, -0.15) is 18.4 Å². The summed E-state index contributed by atoms with van der Waals surface area (Å²) in [6.45, 7) is -1.02. The van der Waals surface area contributed by atoms with E-state index in [9.17, 15) is 17.6 Å². The molecule has 1 aromatic rings. The van der Waals surface area contributed by atoms with E-state index in [2.05, 4.69) is 0 Å². The van der Waals surface area contributed by atoms with Gasteiger partial charge in [0.1, 0.15) is 6.67 Å². The molecule has 1 aromatic carbocycles. The monoisotopic (exact) mass is 203 g/mol. The number of alkyl halides is 4. The Morgan fingerprint density at radius 1 is 1.21 bits per heavy atom. The van der Waals surface area contributed by atoms with E-state index in [-0.39, 0.29) is 11.1 Å². The van der Waals surface area contributed by atoms with Gasteiger partial charge in [0.05, 0.1) is 17.2 Å². The Labute approximate surface area is 77.6 Å². The largest absolute Gasteiger partial charge is 0.416 e. The number of benzene rings is 1. The van der Waals surface area contributed by atoms with Crippen molar-refractivity contribution in [3.05, 3.63) is 34.9 Å². The van der Waals surface area contributed by atoms with Gasteiger partial charge in [0.15, 0.2) is 0 Å². The van der Waals surface area contributed by atoms with Crippen molar-refractivity contribution < 1.29 is 17.6 Å². The van der Waals surface area contributed by atoms with Crippen LogP contribution in [0.25, 0.3) is 0 Å². The number of nitrogens with zero attached hydrogens (tertiary/aromatic N) is 1. The quantitative estimate of drug-likeness (QED) is 0.643. The number of nitriles is 1. The van der Waals surface area contributed by atoms with E-state index in [1.807, 2.05) is 0 Å². The Kier molecular flexibility index (Phi) is 2.75. The van der Waals surface area contributed by atoms with Crippen molar-refractivity contribution in [3.63, 3.8) is 0 Å². The fourth-order valence-corrected chi connectivity index (χ4v) is 0.997. The van der Waals surface area contributed by atoms with Gasteiger partial charge >= 0.3 is 6.18 Å². The minimum Gasteiger partial charge on any atom is -0.246 e. The first-order chi connectivity index (χ1) is 6.47. The van der Waals surface area contributed by atoms with Crippen molar-refractivity contribution in [2.75, 3.05) is 0 Å². The first-order valence-electron chi connectivity index (χ1n) is 3.64. The average molecular weight is 203 g/mol. The second-order valence-corrected chi connectivity index (χ2v) is 2.66. The zero-order chi connectivity index (χ0) is 10.8. The molecule has 0 bridgehead atoms. The lowest BCUT2D eigenvalue weighted by Gasteiger charge is -2.07. The highest BCUT2D eigenvalue weighted by Gasteiger charge is 2.31. The van der Waals surface area contributed by atoms with Crippen molar-refractivity contribution in [1.29, 1.82) is 5.26 Å². The molecule has 0 saturated carbocycles. The average Bonchev–Trinajstić information content (AvgIpc) is 2.15. The van der Waals surface area contributed by atoms with Crippen LogP contribution in [0.5, 0.6) is 0 Å². The molecular weight excluding hydrogens is 198 g/mol. The Morgan fingerprint density at radius 3 is 2.29 bits per heavy atom. The first kappa shape index (κ1) is 10.5. The van der Waals surface area contributed by atoms with Crippen LogP contribution in [0.15, 0.2) is 18.2 Å². The van der Waals surface area contributed by atoms with Crippen LogP contribution in [0.3, 0.4) is 0 Å². The topological polar surface area (TPSA) is 23.8 Å². The molecule has 0 aliphatic rings. The highest BCUT2D eigenvalue weighted by atomic mass is 19.4. The van der Waals surface area contributed by atoms with Crippen molar-refractivity contribution in [1.82, 2.24) is 0 Å². The molecule has 0 spiro atoms. The Morgan fingerprint density at radius 2 is 1.86 bits per heavy atom. The third-order valence-corrected chi connectivity index (χ3v) is 1.60. The highest BCUT2D eigenvalue weighted by molar-refractivity contribution is 5.38. The number of halogens is 4. The maximum atomic E-state index is 12.2. The zero-order valence-electron chi connectivity index (χ0n) is 6.90. The molecule has 1 nitrogen and oxygen atoms in total. The van der Waals surface area contributed by atoms with Crippen LogP contribution in [0, 0.1) is 11.3 Å². The molecular formula is C9H5F4N. The predicted molar refractivity (Wildman–Crippen MR) is 41.0 cm³/mol. The fraction of sp³-hybridized carbons (Fsp3) is 0.222. The van der Waals surface area contributed by atoms with E-state index >= 15 is 0 Å². The highest BCUT2D eigenvalue weighted by Crippen LogP contribution is 2.30. The fourth-order valence-electron chi connectivity index (χ4n) is 0.997. The lowest BCUT2D eigenvalue weighted by Crippen LogP contribution is -2.06. The SMILES string of the molecule is N#Cc1cc(CF)cc(C(F)(F)F)c1. The summed E-state index contributed by atoms with van der Waals surface area (Å²) in [4.78, 5) is 0. The number of hydrogen-bond donors (Lipinski definition) is 0. The molecule has 0 aliphatic carbocycles. The van der Waals surface area contributed by atoms with Crippen LogP contribution >= 0.6 is 0 Å². The van der Waals surface area contributed by atoms with Crippen LogP contribution < -0.4 is 0 Å². The van der Waals surface area contributed by atoms with E-state index in [4.69, 9.17) is 5.26 Å². The maximum absolute atomic E-state index is 12.2. The van der Waals surface area contributed by atoms with Gasteiger partial charge in [-0.25, -0.2) is 4.39 Å². The van der Waals surface area contributed by atoms with Gasteiger partial charge < -0.3 is 0 Å². The van der Waals surface area contributed by atoms with Gasteiger partial charge in [0, 0.05) is 0 Å². The minimum atomic E-state index is -4.54. The van der Waals surface area contributed by atoms with Gasteiger partial charge in [-0.1, -0.05) is 0 Å². The second-order valence-electron chi connectivity index (χ2n) is 2.66. The molecule has 0 unspecified atom stereocenters. The summed E-state index contributed by atoms with van der Waals surface area (Å²) in [6.07, 6.45) is -4.54. The lowest BCUT2D eigenvalue weighted by molar-refractivity contribution is -0.137. The molecule has 0 atom stereocenters. The van der Waals surface area contributed by atoms with E-state index in [0.717, 1.165) is 6.07 Å². The van der Waals surface area contributed by atoms with Gasteiger partial charge in [-0.05, 0) is 23.8 Å². The summed E-state index contributed by atoms with van der Waals surface area (Å²) in [5.74, 6) is 0. The van der Waals surface area contributed by atoms with Crippen molar-refractivity contribution in [2.45, 2.75) is 12.9 Å². The molecule has 0 radical (unpaired) electrons. The molecule has 5 heteroatoms. The molecule has 0 N–H and O–H groups in total. The predicted octanol–water partition coefficient (Wildman–Crippen LogP) is 3.05. The second kappa shape index (κ2) is 3.66. The van der Waals surface area contributed by atoms with Crippen LogP contribution in [-0.2, 0) is 12.9 Å². The number of rotatable bonds is 1. The van der Waals surface area contributed by atoms with Gasteiger partial charge in [0.25, 0.3) is 0 Å². The van der Waals surface area contributed by atoms with E-state index in [1.54, 1.807) is 6.07 Å². The molecule has 1 rings (SSSR count). The third kappa shape index (κ3) is 2.22. The molecule has 0 heterocycles. The Balaban J connectivity index is 3.26. The van der Waals surface area contributed by atoms with Crippen molar-refractivity contribution in [3.8, 4) is 6.07 Å². The minimum absolute atomic E-state index is 0.142. The van der Waals surface area contributed by atoms with Crippen LogP contribution in [0.2, 0.25) is 0 Å². The third-order valence-electron chi connectivity index (χ3n) is 1.60. The molecule has 0 aromatic heterocycles.